The number of methoxy groups -OCH3 is 1. The molecule has 1 fully saturated rings. The Morgan fingerprint density at radius 1 is 1.15 bits per heavy atom. The topological polar surface area (TPSA) is 79.3 Å². The standard InChI is InChI=1S/C25H29ClN2O5/c1-5-33-20-12-11-16(15-18(20)26)23(29)21-22(17-9-6-7-10-19(17)32-4)28(25(31)24(21)30)14-8-13-27(2)3/h6-7,9-12,15,22,29H,5,8,13-14H2,1-4H3/t22-/m0/s1. The maximum Gasteiger partial charge on any atom is 0.295 e. The van der Waals surface area contributed by atoms with Crippen molar-refractivity contribution in [1.82, 2.24) is 9.80 Å². The van der Waals surface area contributed by atoms with Crippen LogP contribution >= 0.6 is 11.6 Å². The van der Waals surface area contributed by atoms with Crippen LogP contribution in [-0.2, 0) is 9.59 Å². The third kappa shape index (κ3) is 5.15. The summed E-state index contributed by atoms with van der Waals surface area (Å²) in [6.07, 6.45) is 0.667. The number of nitrogens with zero attached hydrogens (tertiary/aromatic N) is 2. The third-order valence-electron chi connectivity index (χ3n) is 5.48. The zero-order chi connectivity index (χ0) is 24.1. The summed E-state index contributed by atoms with van der Waals surface area (Å²) in [6.45, 7) is 3.38. The van der Waals surface area contributed by atoms with E-state index in [1.807, 2.05) is 38.1 Å². The average Bonchev–Trinajstić information content (AvgIpc) is 3.04. The molecule has 1 amide bonds. The Labute approximate surface area is 199 Å². The molecule has 0 radical (unpaired) electrons. The molecule has 176 valence electrons. The van der Waals surface area contributed by atoms with E-state index >= 15 is 0 Å². The van der Waals surface area contributed by atoms with Crippen molar-refractivity contribution in [2.45, 2.75) is 19.4 Å². The van der Waals surface area contributed by atoms with E-state index in [2.05, 4.69) is 0 Å². The highest BCUT2D eigenvalue weighted by molar-refractivity contribution is 6.46. The molecule has 0 aromatic heterocycles. The molecular weight excluding hydrogens is 444 g/mol. The zero-order valence-corrected chi connectivity index (χ0v) is 20.1. The quantitative estimate of drug-likeness (QED) is 0.336. The molecule has 2 aromatic rings. The predicted octanol–water partition coefficient (Wildman–Crippen LogP) is 4.12. The highest BCUT2D eigenvalue weighted by atomic mass is 35.5. The largest absolute Gasteiger partial charge is 0.507 e. The lowest BCUT2D eigenvalue weighted by Gasteiger charge is -2.27. The molecule has 1 aliphatic heterocycles. The van der Waals surface area contributed by atoms with Gasteiger partial charge in [-0.25, -0.2) is 0 Å². The SMILES string of the molecule is CCOc1ccc(C(O)=C2C(=O)C(=O)N(CCCN(C)C)[C@H]2c2ccccc2OC)cc1Cl. The van der Waals surface area contributed by atoms with Crippen LogP contribution in [0.5, 0.6) is 11.5 Å². The zero-order valence-electron chi connectivity index (χ0n) is 19.3. The highest BCUT2D eigenvalue weighted by Gasteiger charge is 2.46. The van der Waals surface area contributed by atoms with Crippen molar-refractivity contribution in [3.63, 3.8) is 0 Å². The molecule has 3 rings (SSSR count). The summed E-state index contributed by atoms with van der Waals surface area (Å²) in [4.78, 5) is 29.7. The first-order valence-corrected chi connectivity index (χ1v) is 11.2. The molecular formula is C25H29ClN2O5. The van der Waals surface area contributed by atoms with Crippen molar-refractivity contribution >= 4 is 29.1 Å². The smallest absolute Gasteiger partial charge is 0.295 e. The van der Waals surface area contributed by atoms with Crippen molar-refractivity contribution in [2.24, 2.45) is 0 Å². The maximum atomic E-state index is 13.1. The number of aliphatic hydroxyl groups is 1. The van der Waals surface area contributed by atoms with Crippen molar-refractivity contribution < 1.29 is 24.2 Å². The molecule has 0 unspecified atom stereocenters. The number of Topliss-reactive ketones (excluding diaryl/α,β-unsaturated/α-hetero) is 1. The number of ketones is 1. The molecule has 0 spiro atoms. The minimum Gasteiger partial charge on any atom is -0.507 e. The third-order valence-corrected chi connectivity index (χ3v) is 5.78. The first kappa shape index (κ1) is 24.6. The number of para-hydroxylation sites is 1. The van der Waals surface area contributed by atoms with E-state index in [1.54, 1.807) is 24.3 Å². The summed E-state index contributed by atoms with van der Waals surface area (Å²) >= 11 is 6.31. The van der Waals surface area contributed by atoms with Crippen molar-refractivity contribution in [1.29, 1.82) is 0 Å². The fourth-order valence-electron chi connectivity index (χ4n) is 3.96. The fourth-order valence-corrected chi connectivity index (χ4v) is 4.19. The first-order valence-electron chi connectivity index (χ1n) is 10.8. The van der Waals surface area contributed by atoms with Gasteiger partial charge in [-0.15, -0.1) is 0 Å². The lowest BCUT2D eigenvalue weighted by Crippen LogP contribution is -2.32. The van der Waals surface area contributed by atoms with Crippen LogP contribution in [0.25, 0.3) is 5.76 Å². The highest BCUT2D eigenvalue weighted by Crippen LogP contribution is 2.43. The number of halogens is 1. The number of amides is 1. The lowest BCUT2D eigenvalue weighted by atomic mass is 9.94. The van der Waals surface area contributed by atoms with Gasteiger partial charge in [0.1, 0.15) is 17.3 Å². The Bertz CT molecular complexity index is 1070. The molecule has 2 aromatic carbocycles. The van der Waals surface area contributed by atoms with Crippen LogP contribution in [-0.4, -0.2) is 67.5 Å². The predicted molar refractivity (Wildman–Crippen MR) is 128 cm³/mol. The Kier molecular flexibility index (Phi) is 8.00. The Morgan fingerprint density at radius 2 is 1.88 bits per heavy atom. The van der Waals surface area contributed by atoms with Crippen LogP contribution in [0.15, 0.2) is 48.0 Å². The van der Waals surface area contributed by atoms with Crippen LogP contribution < -0.4 is 9.47 Å². The van der Waals surface area contributed by atoms with E-state index in [0.717, 1.165) is 6.54 Å². The average molecular weight is 473 g/mol. The minimum absolute atomic E-state index is 0.00887. The molecule has 1 aliphatic rings. The molecule has 1 N–H and O–H groups in total. The van der Waals surface area contributed by atoms with Gasteiger partial charge in [-0.05, 0) is 58.3 Å². The summed E-state index contributed by atoms with van der Waals surface area (Å²) in [5, 5.41) is 11.5. The Hall–Kier alpha value is -3.03. The van der Waals surface area contributed by atoms with Gasteiger partial charge in [-0.3, -0.25) is 9.59 Å². The molecule has 0 bridgehead atoms. The summed E-state index contributed by atoms with van der Waals surface area (Å²) in [5.74, 6) is -0.676. The fraction of sp³-hybridized carbons (Fsp3) is 0.360. The van der Waals surface area contributed by atoms with Gasteiger partial charge >= 0.3 is 0 Å². The number of rotatable bonds is 9. The molecule has 8 heteroatoms. The normalized spacial score (nSPS) is 17.6. The van der Waals surface area contributed by atoms with Gasteiger partial charge in [-0.2, -0.15) is 0 Å². The van der Waals surface area contributed by atoms with Crippen LogP contribution in [0, 0.1) is 0 Å². The summed E-state index contributed by atoms with van der Waals surface area (Å²) in [5.41, 5.74) is 0.965. The van der Waals surface area contributed by atoms with Crippen molar-refractivity contribution in [2.75, 3.05) is 40.9 Å². The molecule has 1 heterocycles. The van der Waals surface area contributed by atoms with Gasteiger partial charge in [-0.1, -0.05) is 29.8 Å². The van der Waals surface area contributed by atoms with Gasteiger partial charge in [0.2, 0.25) is 0 Å². The van der Waals surface area contributed by atoms with Gasteiger partial charge < -0.3 is 24.4 Å². The number of carbonyl (C=O) groups excluding carboxylic acids is 2. The van der Waals surface area contributed by atoms with Crippen LogP contribution in [0.3, 0.4) is 0 Å². The van der Waals surface area contributed by atoms with E-state index in [1.165, 1.54) is 18.1 Å². The maximum absolute atomic E-state index is 13.1. The molecule has 7 nitrogen and oxygen atoms in total. The number of hydrogen-bond donors (Lipinski definition) is 1. The number of ether oxygens (including phenoxy) is 2. The van der Waals surface area contributed by atoms with Gasteiger partial charge in [0.05, 0.1) is 30.4 Å². The molecule has 1 saturated heterocycles. The van der Waals surface area contributed by atoms with Gasteiger partial charge in [0, 0.05) is 17.7 Å². The second kappa shape index (κ2) is 10.7. The van der Waals surface area contributed by atoms with E-state index in [4.69, 9.17) is 21.1 Å². The second-order valence-electron chi connectivity index (χ2n) is 7.97. The molecule has 1 atom stereocenters. The van der Waals surface area contributed by atoms with Crippen LogP contribution in [0.2, 0.25) is 5.02 Å². The monoisotopic (exact) mass is 472 g/mol. The van der Waals surface area contributed by atoms with Crippen molar-refractivity contribution in [3.8, 4) is 11.5 Å². The van der Waals surface area contributed by atoms with Crippen molar-refractivity contribution in [3.05, 3.63) is 64.2 Å². The molecule has 0 aliphatic carbocycles. The lowest BCUT2D eigenvalue weighted by molar-refractivity contribution is -0.140. The second-order valence-corrected chi connectivity index (χ2v) is 8.38. The first-order chi connectivity index (χ1) is 15.8. The molecule has 0 saturated carbocycles. The van der Waals surface area contributed by atoms with E-state index in [9.17, 15) is 14.7 Å². The summed E-state index contributed by atoms with van der Waals surface area (Å²) in [6, 6.07) is 11.2. The Morgan fingerprint density at radius 3 is 2.52 bits per heavy atom. The van der Waals surface area contributed by atoms with Crippen LogP contribution in [0.4, 0.5) is 0 Å². The number of hydrogen-bond acceptors (Lipinski definition) is 6. The van der Waals surface area contributed by atoms with E-state index in [-0.39, 0.29) is 11.3 Å². The number of carbonyl (C=O) groups is 2. The van der Waals surface area contributed by atoms with E-state index in [0.29, 0.717) is 47.2 Å². The summed E-state index contributed by atoms with van der Waals surface area (Å²) in [7, 11) is 5.42. The minimum atomic E-state index is -0.784. The summed E-state index contributed by atoms with van der Waals surface area (Å²) < 4.78 is 11.0. The number of benzene rings is 2. The number of likely N-dealkylation sites (tertiary alicyclic amines) is 1. The molecule has 33 heavy (non-hydrogen) atoms. The van der Waals surface area contributed by atoms with E-state index < -0.39 is 17.7 Å². The Balaban J connectivity index is 2.13. The van der Waals surface area contributed by atoms with Gasteiger partial charge in [0.25, 0.3) is 11.7 Å². The number of aliphatic hydroxyl groups excluding tert-OH is 1. The van der Waals surface area contributed by atoms with Gasteiger partial charge in [0.15, 0.2) is 0 Å². The van der Waals surface area contributed by atoms with Crippen LogP contribution in [0.1, 0.15) is 30.5 Å².